The van der Waals surface area contributed by atoms with E-state index in [4.69, 9.17) is 4.74 Å². The fourth-order valence-corrected chi connectivity index (χ4v) is 3.01. The van der Waals surface area contributed by atoms with E-state index in [0.29, 0.717) is 10.4 Å². The van der Waals surface area contributed by atoms with E-state index >= 15 is 0 Å². The first-order valence-electron chi connectivity index (χ1n) is 7.87. The van der Waals surface area contributed by atoms with E-state index in [9.17, 15) is 19.8 Å². The molecule has 0 radical (unpaired) electrons. The fraction of sp³-hybridized carbons (Fsp3) is 0.333. The van der Waals surface area contributed by atoms with Gasteiger partial charge < -0.3 is 20.3 Å². The molecule has 2 aromatic rings. The number of nitrogens with one attached hydrogen (secondary N) is 1. The molecule has 1 amide bonds. The van der Waals surface area contributed by atoms with Crippen LogP contribution < -0.4 is 5.32 Å². The number of alkyl carbamates (subject to hydrolysis) is 1. The van der Waals surface area contributed by atoms with Gasteiger partial charge in [0.2, 0.25) is 0 Å². The predicted octanol–water partition coefficient (Wildman–Crippen LogP) is 2.66. The summed E-state index contributed by atoms with van der Waals surface area (Å²) in [6.45, 7) is 1.78. The highest BCUT2D eigenvalue weighted by molar-refractivity contribution is 7.12. The lowest BCUT2D eigenvalue weighted by Gasteiger charge is -2.17. The molecule has 0 bridgehead atoms. The summed E-state index contributed by atoms with van der Waals surface area (Å²) in [6, 6.07) is 10.9. The van der Waals surface area contributed by atoms with Crippen LogP contribution in [-0.4, -0.2) is 34.7 Å². The van der Waals surface area contributed by atoms with Crippen LogP contribution in [0.1, 0.15) is 40.2 Å². The van der Waals surface area contributed by atoms with Gasteiger partial charge in [-0.2, -0.15) is 0 Å². The minimum absolute atomic E-state index is 0.0826. The Kier molecular flexibility index (Phi) is 7.12. The average Bonchev–Trinajstić information content (AvgIpc) is 3.10. The number of rotatable bonds is 8. The van der Waals surface area contributed by atoms with E-state index in [1.807, 2.05) is 30.3 Å². The van der Waals surface area contributed by atoms with Crippen LogP contribution in [0.3, 0.4) is 0 Å². The number of carbonyl (C=O) groups excluding carboxylic acids is 2. The molecule has 2 rings (SSSR count). The summed E-state index contributed by atoms with van der Waals surface area (Å²) in [4.78, 5) is 23.4. The summed E-state index contributed by atoms with van der Waals surface area (Å²) >= 11 is 1.23. The summed E-state index contributed by atoms with van der Waals surface area (Å²) < 4.78 is 5.05. The highest BCUT2D eigenvalue weighted by Gasteiger charge is 2.20. The van der Waals surface area contributed by atoms with E-state index in [2.05, 4.69) is 5.32 Å². The average molecular weight is 363 g/mol. The molecule has 2 atom stereocenters. The number of thiophene rings is 1. The molecule has 25 heavy (non-hydrogen) atoms. The van der Waals surface area contributed by atoms with E-state index in [-0.39, 0.29) is 25.4 Å². The third-order valence-electron chi connectivity index (χ3n) is 3.59. The van der Waals surface area contributed by atoms with Crippen molar-refractivity contribution in [1.29, 1.82) is 0 Å². The Labute approximate surface area is 150 Å². The Morgan fingerprint density at radius 3 is 2.60 bits per heavy atom. The Morgan fingerprint density at radius 1 is 1.24 bits per heavy atom. The van der Waals surface area contributed by atoms with Gasteiger partial charge in [-0.05, 0) is 35.9 Å². The lowest BCUT2D eigenvalue weighted by atomic mass is 10.0. The second-order valence-electron chi connectivity index (χ2n) is 5.59. The van der Waals surface area contributed by atoms with Gasteiger partial charge >= 0.3 is 6.09 Å². The Hall–Kier alpha value is -2.22. The van der Waals surface area contributed by atoms with Crippen LogP contribution in [-0.2, 0) is 11.3 Å². The molecule has 0 aliphatic heterocycles. The SMILES string of the molecule is CC(=O)c1cc(C(O)C(O)CCNC(=O)OCc2ccccc2)cs1. The van der Waals surface area contributed by atoms with Crippen LogP contribution in [0, 0.1) is 0 Å². The number of ketones is 1. The van der Waals surface area contributed by atoms with Gasteiger partial charge in [-0.25, -0.2) is 4.79 Å². The van der Waals surface area contributed by atoms with Crippen molar-refractivity contribution >= 4 is 23.2 Å². The third kappa shape index (κ3) is 5.97. The molecule has 0 saturated heterocycles. The summed E-state index contributed by atoms with van der Waals surface area (Å²) in [6.07, 6.45) is -2.58. The van der Waals surface area contributed by atoms with Crippen molar-refractivity contribution in [3.8, 4) is 0 Å². The Bertz CT molecular complexity index is 701. The molecule has 3 N–H and O–H groups in total. The maximum absolute atomic E-state index is 11.6. The smallest absolute Gasteiger partial charge is 0.407 e. The topological polar surface area (TPSA) is 95.9 Å². The molecule has 0 aliphatic rings. The number of carbonyl (C=O) groups is 2. The number of hydrogen-bond acceptors (Lipinski definition) is 6. The summed E-state index contributed by atoms with van der Waals surface area (Å²) in [5.74, 6) is -0.0826. The number of amides is 1. The van der Waals surface area contributed by atoms with Crippen LogP contribution in [0.25, 0.3) is 0 Å². The van der Waals surface area contributed by atoms with Crippen molar-refractivity contribution in [2.75, 3.05) is 6.54 Å². The Morgan fingerprint density at radius 2 is 1.96 bits per heavy atom. The molecule has 0 spiro atoms. The first-order valence-corrected chi connectivity index (χ1v) is 8.75. The van der Waals surface area contributed by atoms with Gasteiger partial charge in [0.15, 0.2) is 5.78 Å². The first-order chi connectivity index (χ1) is 12.0. The van der Waals surface area contributed by atoms with Crippen molar-refractivity contribution in [2.24, 2.45) is 0 Å². The first kappa shape index (κ1) is 19.1. The van der Waals surface area contributed by atoms with Crippen LogP contribution in [0.5, 0.6) is 0 Å². The van der Waals surface area contributed by atoms with Crippen molar-refractivity contribution in [1.82, 2.24) is 5.32 Å². The zero-order chi connectivity index (χ0) is 18.2. The van der Waals surface area contributed by atoms with Gasteiger partial charge in [-0.3, -0.25) is 4.79 Å². The summed E-state index contributed by atoms with van der Waals surface area (Å²) in [7, 11) is 0. The van der Waals surface area contributed by atoms with Crippen molar-refractivity contribution in [3.05, 3.63) is 57.8 Å². The molecule has 7 heteroatoms. The number of Topliss-reactive ketones (excluding diaryl/α,β-unsaturated/α-hetero) is 1. The second-order valence-corrected chi connectivity index (χ2v) is 6.50. The van der Waals surface area contributed by atoms with Crippen LogP contribution in [0.4, 0.5) is 4.79 Å². The molecule has 0 saturated carbocycles. The standard InChI is InChI=1S/C18H21NO5S/c1-12(20)16-9-14(11-25-16)17(22)15(21)7-8-19-18(23)24-10-13-5-3-2-4-6-13/h2-6,9,11,15,17,21-22H,7-8,10H2,1H3,(H,19,23). The van der Waals surface area contributed by atoms with Gasteiger partial charge in [0, 0.05) is 6.54 Å². The number of aliphatic hydroxyl groups excluding tert-OH is 2. The zero-order valence-corrected chi connectivity index (χ0v) is 14.7. The van der Waals surface area contributed by atoms with Crippen LogP contribution >= 0.6 is 11.3 Å². The van der Waals surface area contributed by atoms with Gasteiger partial charge in [0.1, 0.15) is 12.7 Å². The molecule has 134 valence electrons. The quantitative estimate of drug-likeness (QED) is 0.627. The second kappa shape index (κ2) is 9.31. The molecular weight excluding hydrogens is 342 g/mol. The number of hydrogen-bond donors (Lipinski definition) is 3. The van der Waals surface area contributed by atoms with Crippen molar-refractivity contribution in [3.63, 3.8) is 0 Å². The number of aliphatic hydroxyl groups is 2. The number of ether oxygens (including phenoxy) is 1. The summed E-state index contributed by atoms with van der Waals surface area (Å²) in [5, 5.41) is 24.3. The lowest BCUT2D eigenvalue weighted by molar-refractivity contribution is 0.0138. The highest BCUT2D eigenvalue weighted by atomic mass is 32.1. The zero-order valence-electron chi connectivity index (χ0n) is 13.8. The van der Waals surface area contributed by atoms with E-state index in [1.54, 1.807) is 11.4 Å². The third-order valence-corrected chi connectivity index (χ3v) is 4.64. The van der Waals surface area contributed by atoms with Gasteiger partial charge in [0.25, 0.3) is 0 Å². The molecule has 1 aromatic carbocycles. The molecule has 0 aliphatic carbocycles. The lowest BCUT2D eigenvalue weighted by Crippen LogP contribution is -2.29. The maximum atomic E-state index is 11.6. The van der Waals surface area contributed by atoms with Crippen LogP contribution in [0.15, 0.2) is 41.8 Å². The van der Waals surface area contributed by atoms with Gasteiger partial charge in [0.05, 0.1) is 11.0 Å². The minimum Gasteiger partial charge on any atom is -0.445 e. The fourth-order valence-electron chi connectivity index (χ4n) is 2.17. The van der Waals surface area contributed by atoms with Gasteiger partial charge in [-0.1, -0.05) is 30.3 Å². The Balaban J connectivity index is 1.70. The summed E-state index contributed by atoms with van der Waals surface area (Å²) in [5.41, 5.74) is 1.38. The predicted molar refractivity (Wildman–Crippen MR) is 94.5 cm³/mol. The van der Waals surface area contributed by atoms with E-state index < -0.39 is 18.3 Å². The molecule has 1 heterocycles. The van der Waals surface area contributed by atoms with Crippen LogP contribution in [0.2, 0.25) is 0 Å². The van der Waals surface area contributed by atoms with E-state index in [1.165, 1.54) is 18.3 Å². The van der Waals surface area contributed by atoms with Gasteiger partial charge in [-0.15, -0.1) is 11.3 Å². The molecule has 1 aromatic heterocycles. The highest BCUT2D eigenvalue weighted by Crippen LogP contribution is 2.24. The maximum Gasteiger partial charge on any atom is 0.407 e. The minimum atomic E-state index is -1.11. The number of benzene rings is 1. The normalized spacial score (nSPS) is 13.1. The molecular formula is C18H21NO5S. The van der Waals surface area contributed by atoms with Crippen molar-refractivity contribution in [2.45, 2.75) is 32.2 Å². The molecule has 0 fully saturated rings. The van der Waals surface area contributed by atoms with Crippen molar-refractivity contribution < 1.29 is 24.5 Å². The molecule has 2 unspecified atom stereocenters. The molecule has 6 nitrogen and oxygen atoms in total. The van der Waals surface area contributed by atoms with E-state index in [0.717, 1.165) is 5.56 Å². The monoisotopic (exact) mass is 363 g/mol. The largest absolute Gasteiger partial charge is 0.445 e.